The van der Waals surface area contributed by atoms with E-state index in [0.717, 1.165) is 0 Å². The Morgan fingerprint density at radius 2 is 1.78 bits per heavy atom. The number of rotatable bonds is 5. The molecule has 0 atom stereocenters. The Balaban J connectivity index is 1.85. The average molecular weight is 441 g/mol. The van der Waals surface area contributed by atoms with Crippen LogP contribution in [0, 0.1) is 0 Å². The smallest absolute Gasteiger partial charge is 0.287 e. The number of amides is 2. The van der Waals surface area contributed by atoms with Crippen molar-refractivity contribution in [1.29, 1.82) is 0 Å². The number of nitrogens with one attached hydrogen (secondary N) is 3. The molecular weight excluding hydrogens is 432 g/mol. The lowest BCUT2D eigenvalue weighted by Gasteiger charge is -2.12. The lowest BCUT2D eigenvalue weighted by Crippen LogP contribution is -2.39. The lowest BCUT2D eigenvalue weighted by molar-refractivity contribution is -0.119. The second-order valence-electron chi connectivity index (χ2n) is 4.20. The molecule has 0 saturated carbocycles. The Bertz CT molecular complexity index is 728. The molecule has 3 N–H and O–H groups in total. The van der Waals surface area contributed by atoms with Gasteiger partial charge in [0.1, 0.15) is 0 Å². The quantitative estimate of drug-likeness (QED) is 0.615. The molecule has 2 aromatic rings. The minimum absolute atomic E-state index is 0.0847. The number of furan rings is 1. The molecule has 0 aliphatic heterocycles. The highest BCUT2D eigenvalue weighted by Gasteiger charge is 2.13. The van der Waals surface area contributed by atoms with Crippen molar-refractivity contribution in [2.24, 2.45) is 0 Å². The maximum Gasteiger partial charge on any atom is 0.287 e. The molecule has 1 aromatic heterocycles. The topological polar surface area (TPSA) is 83.4 Å². The fourth-order valence-corrected chi connectivity index (χ4v) is 2.74. The zero-order chi connectivity index (χ0) is 17.0. The van der Waals surface area contributed by atoms with E-state index in [9.17, 15) is 9.59 Å². The lowest BCUT2D eigenvalue weighted by atomic mass is 10.3. The van der Waals surface area contributed by atoms with Gasteiger partial charge in [-0.1, -0.05) is 34.8 Å². The highest BCUT2D eigenvalue weighted by atomic mass is 79.9. The van der Waals surface area contributed by atoms with Crippen molar-refractivity contribution in [1.82, 2.24) is 10.7 Å². The number of carbonyl (C=O) groups excluding carboxylic acids is 2. The normalized spacial score (nSPS) is 10.3. The van der Waals surface area contributed by atoms with Crippen LogP contribution in [0.5, 0.6) is 0 Å². The van der Waals surface area contributed by atoms with Gasteiger partial charge in [0.25, 0.3) is 11.8 Å². The van der Waals surface area contributed by atoms with E-state index in [4.69, 9.17) is 39.2 Å². The Morgan fingerprint density at radius 1 is 1.13 bits per heavy atom. The second-order valence-corrected chi connectivity index (χ2v) is 6.24. The van der Waals surface area contributed by atoms with Crippen LogP contribution in [0.25, 0.3) is 0 Å². The summed E-state index contributed by atoms with van der Waals surface area (Å²) in [5, 5.41) is 3.25. The van der Waals surface area contributed by atoms with Crippen molar-refractivity contribution >= 4 is 68.2 Å². The third kappa shape index (κ3) is 5.04. The van der Waals surface area contributed by atoms with Crippen LogP contribution in [-0.2, 0) is 4.79 Å². The van der Waals surface area contributed by atoms with Gasteiger partial charge >= 0.3 is 0 Å². The SMILES string of the molecule is O=C(CNC(=O)c1ccc(Br)o1)NNc1c(Cl)cc(Cl)cc1Cl. The maximum atomic E-state index is 11.7. The average Bonchev–Trinajstić information content (AvgIpc) is 2.90. The highest BCUT2D eigenvalue weighted by Crippen LogP contribution is 2.32. The number of hydrogen-bond acceptors (Lipinski definition) is 4. The molecule has 0 radical (unpaired) electrons. The number of hydrazine groups is 1. The predicted octanol–water partition coefficient (Wildman–Crippen LogP) is 3.88. The van der Waals surface area contributed by atoms with Crippen LogP contribution in [0.4, 0.5) is 5.69 Å². The van der Waals surface area contributed by atoms with E-state index in [-0.39, 0.29) is 22.4 Å². The van der Waals surface area contributed by atoms with Crippen LogP contribution in [0.15, 0.2) is 33.4 Å². The van der Waals surface area contributed by atoms with E-state index in [2.05, 4.69) is 32.1 Å². The molecule has 0 aliphatic rings. The number of halogens is 4. The van der Waals surface area contributed by atoms with Gasteiger partial charge < -0.3 is 9.73 Å². The summed E-state index contributed by atoms with van der Waals surface area (Å²) in [7, 11) is 0. The molecule has 6 nitrogen and oxygen atoms in total. The molecule has 1 aromatic carbocycles. The van der Waals surface area contributed by atoms with Gasteiger partial charge in [-0.25, -0.2) is 0 Å². The first-order valence-electron chi connectivity index (χ1n) is 6.09. The van der Waals surface area contributed by atoms with Crippen LogP contribution < -0.4 is 16.2 Å². The summed E-state index contributed by atoms with van der Waals surface area (Å²) in [5.41, 5.74) is 5.23. The maximum absolute atomic E-state index is 11.7. The van der Waals surface area contributed by atoms with Crippen LogP contribution >= 0.6 is 50.7 Å². The first kappa shape index (κ1) is 17.9. The number of anilines is 1. The minimum Gasteiger partial charge on any atom is -0.444 e. The Labute approximate surface area is 154 Å². The molecule has 2 rings (SSSR count). The van der Waals surface area contributed by atoms with Gasteiger partial charge in [-0.05, 0) is 40.2 Å². The van der Waals surface area contributed by atoms with E-state index in [1.807, 2.05) is 0 Å². The number of carbonyl (C=O) groups is 2. The summed E-state index contributed by atoms with van der Waals surface area (Å²) in [6.45, 7) is -0.271. The molecular formula is C13H9BrCl3N3O3. The van der Waals surface area contributed by atoms with Crippen molar-refractivity contribution in [3.8, 4) is 0 Å². The zero-order valence-electron chi connectivity index (χ0n) is 11.3. The number of benzene rings is 1. The molecule has 122 valence electrons. The fraction of sp³-hybridized carbons (Fsp3) is 0.0769. The fourth-order valence-electron chi connectivity index (χ4n) is 1.52. The molecule has 0 fully saturated rings. The van der Waals surface area contributed by atoms with Crippen LogP contribution in [-0.4, -0.2) is 18.4 Å². The van der Waals surface area contributed by atoms with Crippen molar-refractivity contribution in [3.63, 3.8) is 0 Å². The summed E-state index contributed by atoms with van der Waals surface area (Å²) < 4.78 is 5.48. The molecule has 0 bridgehead atoms. The second kappa shape index (κ2) is 7.92. The molecule has 10 heteroatoms. The summed E-state index contributed by atoms with van der Waals surface area (Å²) in [6.07, 6.45) is 0. The Hall–Kier alpha value is -1.41. The van der Waals surface area contributed by atoms with E-state index in [0.29, 0.717) is 15.4 Å². The largest absolute Gasteiger partial charge is 0.444 e. The Kier molecular flexibility index (Phi) is 6.17. The van der Waals surface area contributed by atoms with Crippen molar-refractivity contribution < 1.29 is 14.0 Å². The van der Waals surface area contributed by atoms with Crippen LogP contribution in [0.2, 0.25) is 15.1 Å². The summed E-state index contributed by atoms with van der Waals surface area (Å²) in [4.78, 5) is 23.4. The number of hydrogen-bond donors (Lipinski definition) is 3. The van der Waals surface area contributed by atoms with Crippen molar-refractivity contribution in [2.75, 3.05) is 12.0 Å². The van der Waals surface area contributed by atoms with Crippen LogP contribution in [0.1, 0.15) is 10.6 Å². The molecule has 23 heavy (non-hydrogen) atoms. The van der Waals surface area contributed by atoms with Crippen molar-refractivity contribution in [3.05, 3.63) is 49.8 Å². The zero-order valence-corrected chi connectivity index (χ0v) is 15.1. The molecule has 0 aliphatic carbocycles. The monoisotopic (exact) mass is 439 g/mol. The van der Waals surface area contributed by atoms with E-state index in [1.54, 1.807) is 6.07 Å². The summed E-state index contributed by atoms with van der Waals surface area (Å²) >= 11 is 20.8. The van der Waals surface area contributed by atoms with Gasteiger partial charge in [-0.2, -0.15) is 0 Å². The van der Waals surface area contributed by atoms with E-state index < -0.39 is 11.8 Å². The van der Waals surface area contributed by atoms with E-state index >= 15 is 0 Å². The third-order valence-electron chi connectivity index (χ3n) is 2.54. The first-order valence-corrected chi connectivity index (χ1v) is 8.02. The summed E-state index contributed by atoms with van der Waals surface area (Å²) in [5.74, 6) is -0.944. The standard InChI is InChI=1S/C13H9BrCl3N3O3/c14-10-2-1-9(23-10)13(22)18-5-11(21)19-20-12-7(16)3-6(15)4-8(12)17/h1-4,20H,5H2,(H,18,22)(H,19,21). The van der Waals surface area contributed by atoms with Gasteiger partial charge in [0.2, 0.25) is 0 Å². The Morgan fingerprint density at radius 3 is 2.35 bits per heavy atom. The van der Waals surface area contributed by atoms with Gasteiger partial charge in [-0.3, -0.25) is 20.4 Å². The van der Waals surface area contributed by atoms with Crippen molar-refractivity contribution in [2.45, 2.75) is 0 Å². The predicted molar refractivity (Wildman–Crippen MR) is 92.0 cm³/mol. The van der Waals surface area contributed by atoms with Gasteiger partial charge in [0.15, 0.2) is 10.4 Å². The molecule has 1 heterocycles. The summed E-state index contributed by atoms with van der Waals surface area (Å²) in [6, 6.07) is 5.99. The minimum atomic E-state index is -0.520. The van der Waals surface area contributed by atoms with Gasteiger partial charge in [-0.15, -0.1) is 0 Å². The van der Waals surface area contributed by atoms with E-state index in [1.165, 1.54) is 18.2 Å². The van der Waals surface area contributed by atoms with Gasteiger partial charge in [0.05, 0.1) is 22.3 Å². The highest BCUT2D eigenvalue weighted by molar-refractivity contribution is 9.10. The molecule has 0 unspecified atom stereocenters. The van der Waals surface area contributed by atoms with Crippen LogP contribution in [0.3, 0.4) is 0 Å². The first-order chi connectivity index (χ1) is 10.9. The molecule has 2 amide bonds. The molecule has 0 spiro atoms. The third-order valence-corrected chi connectivity index (χ3v) is 3.78. The molecule has 0 saturated heterocycles. The van der Waals surface area contributed by atoms with Gasteiger partial charge in [0, 0.05) is 5.02 Å².